The lowest BCUT2D eigenvalue weighted by Gasteiger charge is -2.69. The lowest BCUT2D eigenvalue weighted by Crippen LogP contribution is -2.78. The third kappa shape index (κ3) is 2.66. The molecule has 1 atom stereocenters. The van der Waals surface area contributed by atoms with Crippen LogP contribution in [0.15, 0.2) is 54.6 Å². The second kappa shape index (κ2) is 6.20. The van der Waals surface area contributed by atoms with Gasteiger partial charge in [0.05, 0.1) is 11.5 Å². The zero-order valence-corrected chi connectivity index (χ0v) is 16.3. The zero-order chi connectivity index (χ0) is 19.4. The standard InChI is InChI=1S/C24H26N2O2/c1-17-7-5-10-19(13-17)20-11-6-12-26(20)22(28)23-14-24(15-23,16-23)25-21(27)18-8-3-2-4-9-18/h2-5,7-10,13,20H,6,11-12,14-16H2,1H3,(H,25,27). The molecule has 3 saturated carbocycles. The van der Waals surface area contributed by atoms with Gasteiger partial charge in [-0.3, -0.25) is 9.59 Å². The first kappa shape index (κ1) is 17.5. The molecule has 0 aromatic heterocycles. The van der Waals surface area contributed by atoms with E-state index in [1.807, 2.05) is 30.3 Å². The van der Waals surface area contributed by atoms with Gasteiger partial charge in [0.1, 0.15) is 0 Å². The fraction of sp³-hybridized carbons (Fsp3) is 0.417. The Kier molecular flexibility index (Phi) is 3.87. The van der Waals surface area contributed by atoms with E-state index in [4.69, 9.17) is 0 Å². The predicted octanol–water partition coefficient (Wildman–Crippen LogP) is 4.01. The second-order valence-corrected chi connectivity index (χ2v) is 8.98. The quantitative estimate of drug-likeness (QED) is 0.879. The van der Waals surface area contributed by atoms with Crippen molar-refractivity contribution in [1.29, 1.82) is 0 Å². The molecule has 1 aliphatic heterocycles. The van der Waals surface area contributed by atoms with Gasteiger partial charge in [-0.25, -0.2) is 0 Å². The van der Waals surface area contributed by atoms with Crippen molar-refractivity contribution in [3.05, 3.63) is 71.3 Å². The molecule has 0 radical (unpaired) electrons. The lowest BCUT2D eigenvalue weighted by molar-refractivity contribution is -0.190. The minimum Gasteiger partial charge on any atom is -0.346 e. The molecule has 4 aliphatic rings. The van der Waals surface area contributed by atoms with Gasteiger partial charge in [-0.1, -0.05) is 48.0 Å². The van der Waals surface area contributed by atoms with E-state index in [1.165, 1.54) is 11.1 Å². The van der Waals surface area contributed by atoms with E-state index in [1.54, 1.807) is 0 Å². The maximum atomic E-state index is 13.4. The molecule has 28 heavy (non-hydrogen) atoms. The molecule has 1 N–H and O–H groups in total. The Bertz CT molecular complexity index is 917. The molecular formula is C24H26N2O2. The molecule has 144 valence electrons. The SMILES string of the molecule is Cc1cccc(C2CCCN2C(=O)C23CC(NC(=O)c4ccccc4)(C2)C3)c1. The Balaban J connectivity index is 1.25. The molecule has 2 bridgehead atoms. The third-order valence-electron chi connectivity index (χ3n) is 6.84. The summed E-state index contributed by atoms with van der Waals surface area (Å²) < 4.78 is 0. The number of benzene rings is 2. The van der Waals surface area contributed by atoms with Crippen molar-refractivity contribution in [3.8, 4) is 0 Å². The number of aryl methyl sites for hydroxylation is 1. The number of amides is 2. The van der Waals surface area contributed by atoms with Crippen molar-refractivity contribution in [2.45, 2.75) is 50.6 Å². The smallest absolute Gasteiger partial charge is 0.251 e. The second-order valence-electron chi connectivity index (χ2n) is 8.98. The number of carbonyl (C=O) groups excluding carboxylic acids is 2. The zero-order valence-electron chi connectivity index (χ0n) is 16.3. The molecular weight excluding hydrogens is 348 g/mol. The minimum atomic E-state index is -0.240. The van der Waals surface area contributed by atoms with Gasteiger partial charge in [0.2, 0.25) is 5.91 Å². The summed E-state index contributed by atoms with van der Waals surface area (Å²) in [6, 6.07) is 18.1. The minimum absolute atomic E-state index is 0.0276. The molecule has 4 nitrogen and oxygen atoms in total. The first-order valence-corrected chi connectivity index (χ1v) is 10.3. The van der Waals surface area contributed by atoms with Crippen LogP contribution in [0.5, 0.6) is 0 Å². The van der Waals surface area contributed by atoms with Gasteiger partial charge in [-0.05, 0) is 56.7 Å². The number of hydrogen-bond donors (Lipinski definition) is 1. The van der Waals surface area contributed by atoms with Crippen LogP contribution in [0.1, 0.15) is 59.6 Å². The number of nitrogens with zero attached hydrogens (tertiary/aromatic N) is 1. The third-order valence-corrected chi connectivity index (χ3v) is 6.84. The molecule has 2 amide bonds. The van der Waals surface area contributed by atoms with Crippen LogP contribution in [0.4, 0.5) is 0 Å². The van der Waals surface area contributed by atoms with Crippen LogP contribution in [0, 0.1) is 12.3 Å². The summed E-state index contributed by atoms with van der Waals surface area (Å²) in [5, 5.41) is 3.19. The summed E-state index contributed by atoms with van der Waals surface area (Å²) in [4.78, 5) is 27.9. The first-order chi connectivity index (χ1) is 13.5. The molecule has 1 unspecified atom stereocenters. The Morgan fingerprint density at radius 1 is 1.04 bits per heavy atom. The van der Waals surface area contributed by atoms with E-state index in [-0.39, 0.29) is 22.9 Å². The summed E-state index contributed by atoms with van der Waals surface area (Å²) in [6.07, 6.45) is 4.47. The van der Waals surface area contributed by atoms with Gasteiger partial charge in [0, 0.05) is 17.6 Å². The van der Waals surface area contributed by atoms with Crippen LogP contribution in [0.2, 0.25) is 0 Å². The highest BCUT2D eigenvalue weighted by Crippen LogP contribution is 2.68. The number of hydrogen-bond acceptors (Lipinski definition) is 2. The summed E-state index contributed by atoms with van der Waals surface area (Å²) in [6.45, 7) is 2.95. The van der Waals surface area contributed by atoms with Crippen LogP contribution in [-0.2, 0) is 4.79 Å². The van der Waals surface area contributed by atoms with Crippen LogP contribution in [0.25, 0.3) is 0 Å². The Hall–Kier alpha value is -2.62. The maximum absolute atomic E-state index is 13.4. The van der Waals surface area contributed by atoms with Crippen molar-refractivity contribution in [2.24, 2.45) is 5.41 Å². The van der Waals surface area contributed by atoms with E-state index in [0.717, 1.165) is 38.6 Å². The summed E-state index contributed by atoms with van der Waals surface area (Å²) >= 11 is 0. The number of rotatable bonds is 4. The fourth-order valence-corrected chi connectivity index (χ4v) is 5.59. The fourth-order valence-electron chi connectivity index (χ4n) is 5.59. The van der Waals surface area contributed by atoms with Crippen LogP contribution in [-0.4, -0.2) is 28.8 Å². The molecule has 2 aromatic rings. The van der Waals surface area contributed by atoms with Gasteiger partial charge in [-0.2, -0.15) is 0 Å². The highest BCUT2D eigenvalue weighted by atomic mass is 16.2. The van der Waals surface area contributed by atoms with Crippen LogP contribution >= 0.6 is 0 Å². The van der Waals surface area contributed by atoms with Gasteiger partial charge < -0.3 is 10.2 Å². The Morgan fingerprint density at radius 3 is 2.50 bits per heavy atom. The van der Waals surface area contributed by atoms with E-state index in [2.05, 4.69) is 41.4 Å². The lowest BCUT2D eigenvalue weighted by atomic mass is 9.39. The molecule has 6 rings (SSSR count). The van der Waals surface area contributed by atoms with Gasteiger partial charge in [-0.15, -0.1) is 0 Å². The molecule has 1 heterocycles. The molecule has 4 fully saturated rings. The maximum Gasteiger partial charge on any atom is 0.251 e. The van der Waals surface area contributed by atoms with Crippen LogP contribution < -0.4 is 5.32 Å². The number of carbonyl (C=O) groups is 2. The molecule has 3 aliphatic carbocycles. The molecule has 2 aromatic carbocycles. The molecule has 4 heteroatoms. The topological polar surface area (TPSA) is 49.4 Å². The van der Waals surface area contributed by atoms with Crippen molar-refractivity contribution in [2.75, 3.05) is 6.54 Å². The van der Waals surface area contributed by atoms with Crippen molar-refractivity contribution in [3.63, 3.8) is 0 Å². The largest absolute Gasteiger partial charge is 0.346 e. The summed E-state index contributed by atoms with van der Waals surface area (Å²) in [7, 11) is 0. The predicted molar refractivity (Wildman–Crippen MR) is 108 cm³/mol. The molecule has 1 saturated heterocycles. The van der Waals surface area contributed by atoms with Crippen molar-refractivity contribution < 1.29 is 9.59 Å². The average Bonchev–Trinajstić information content (AvgIpc) is 3.13. The molecule has 0 spiro atoms. The van der Waals surface area contributed by atoms with E-state index in [9.17, 15) is 9.59 Å². The highest BCUT2D eigenvalue weighted by molar-refractivity contribution is 5.96. The van der Waals surface area contributed by atoms with E-state index >= 15 is 0 Å². The summed E-state index contributed by atoms with van der Waals surface area (Å²) in [5.41, 5.74) is 2.78. The Labute approximate surface area is 165 Å². The van der Waals surface area contributed by atoms with E-state index in [0.29, 0.717) is 11.5 Å². The highest BCUT2D eigenvalue weighted by Gasteiger charge is 2.73. The van der Waals surface area contributed by atoms with Gasteiger partial charge in [0.15, 0.2) is 0 Å². The van der Waals surface area contributed by atoms with Crippen molar-refractivity contribution in [1.82, 2.24) is 10.2 Å². The average molecular weight is 374 g/mol. The number of nitrogens with one attached hydrogen (secondary N) is 1. The van der Waals surface area contributed by atoms with Gasteiger partial charge >= 0.3 is 0 Å². The van der Waals surface area contributed by atoms with Gasteiger partial charge in [0.25, 0.3) is 5.91 Å². The Morgan fingerprint density at radius 2 is 1.79 bits per heavy atom. The first-order valence-electron chi connectivity index (χ1n) is 10.3. The van der Waals surface area contributed by atoms with E-state index < -0.39 is 0 Å². The number of likely N-dealkylation sites (tertiary alicyclic amines) is 1. The normalized spacial score (nSPS) is 30.3. The van der Waals surface area contributed by atoms with Crippen LogP contribution in [0.3, 0.4) is 0 Å². The monoisotopic (exact) mass is 374 g/mol. The van der Waals surface area contributed by atoms with Crippen molar-refractivity contribution >= 4 is 11.8 Å². The summed E-state index contributed by atoms with van der Waals surface area (Å²) in [5.74, 6) is 0.271.